The molecule has 1 fully saturated rings. The molecule has 0 aliphatic carbocycles. The van der Waals surface area contributed by atoms with Gasteiger partial charge in [0.1, 0.15) is 0 Å². The van der Waals surface area contributed by atoms with Crippen molar-refractivity contribution in [2.45, 2.75) is 25.7 Å². The summed E-state index contributed by atoms with van der Waals surface area (Å²) >= 11 is 0. The van der Waals surface area contributed by atoms with E-state index in [0.717, 1.165) is 11.6 Å². The van der Waals surface area contributed by atoms with Crippen LogP contribution in [0.15, 0.2) is 6.07 Å². The van der Waals surface area contributed by atoms with E-state index in [1.54, 1.807) is 0 Å². The molecule has 1 aromatic heterocycles. The summed E-state index contributed by atoms with van der Waals surface area (Å²) in [7, 11) is 4.26. The zero-order valence-corrected chi connectivity index (χ0v) is 9.32. The van der Waals surface area contributed by atoms with E-state index >= 15 is 0 Å². The first-order chi connectivity index (χ1) is 6.66. The second-order valence-electron chi connectivity index (χ2n) is 4.41. The highest BCUT2D eigenvalue weighted by atomic mass is 15.3. The van der Waals surface area contributed by atoms with Crippen LogP contribution in [0, 0.1) is 6.92 Å². The van der Waals surface area contributed by atoms with Crippen molar-refractivity contribution in [2.24, 2.45) is 7.05 Å². The Labute approximate surface area is 85.7 Å². The lowest BCUT2D eigenvalue weighted by Gasteiger charge is -2.28. The van der Waals surface area contributed by atoms with Crippen molar-refractivity contribution in [2.75, 3.05) is 20.1 Å². The summed E-state index contributed by atoms with van der Waals surface area (Å²) in [6, 6.07) is 2.23. The van der Waals surface area contributed by atoms with Gasteiger partial charge < -0.3 is 4.90 Å². The highest BCUT2D eigenvalue weighted by molar-refractivity contribution is 5.14. The fourth-order valence-electron chi connectivity index (χ4n) is 2.32. The van der Waals surface area contributed by atoms with Crippen LogP contribution in [0.2, 0.25) is 0 Å². The molecule has 0 bridgehead atoms. The minimum Gasteiger partial charge on any atom is -0.306 e. The van der Waals surface area contributed by atoms with Crippen molar-refractivity contribution >= 4 is 0 Å². The summed E-state index contributed by atoms with van der Waals surface area (Å²) in [6.45, 7) is 4.50. The van der Waals surface area contributed by atoms with E-state index in [0.29, 0.717) is 0 Å². The summed E-state index contributed by atoms with van der Waals surface area (Å²) in [5, 5.41) is 4.41. The predicted molar refractivity (Wildman–Crippen MR) is 57.4 cm³/mol. The smallest absolute Gasteiger partial charge is 0.0596 e. The van der Waals surface area contributed by atoms with Crippen molar-refractivity contribution in [1.82, 2.24) is 14.7 Å². The Morgan fingerprint density at radius 3 is 2.43 bits per heavy atom. The summed E-state index contributed by atoms with van der Waals surface area (Å²) < 4.78 is 2.05. The second-order valence-corrected chi connectivity index (χ2v) is 4.41. The molecular weight excluding hydrogens is 174 g/mol. The number of nitrogens with zero attached hydrogens (tertiary/aromatic N) is 3. The minimum atomic E-state index is 0.720. The van der Waals surface area contributed by atoms with Crippen molar-refractivity contribution < 1.29 is 0 Å². The van der Waals surface area contributed by atoms with Crippen LogP contribution in [0.3, 0.4) is 0 Å². The van der Waals surface area contributed by atoms with E-state index < -0.39 is 0 Å². The first-order valence-electron chi connectivity index (χ1n) is 5.36. The molecule has 1 aromatic rings. The number of aryl methyl sites for hydroxylation is 2. The topological polar surface area (TPSA) is 21.1 Å². The largest absolute Gasteiger partial charge is 0.306 e. The maximum Gasteiger partial charge on any atom is 0.0596 e. The molecule has 78 valence electrons. The van der Waals surface area contributed by atoms with Gasteiger partial charge in [0.05, 0.1) is 5.69 Å². The Balaban J connectivity index is 2.11. The highest BCUT2D eigenvalue weighted by Crippen LogP contribution is 2.27. The van der Waals surface area contributed by atoms with E-state index in [4.69, 9.17) is 0 Å². The minimum absolute atomic E-state index is 0.720. The van der Waals surface area contributed by atoms with Gasteiger partial charge in [-0.3, -0.25) is 4.68 Å². The summed E-state index contributed by atoms with van der Waals surface area (Å²) in [4.78, 5) is 2.40. The zero-order chi connectivity index (χ0) is 10.1. The molecule has 1 aliphatic heterocycles. The van der Waals surface area contributed by atoms with E-state index in [1.165, 1.54) is 31.6 Å². The first kappa shape index (κ1) is 9.71. The van der Waals surface area contributed by atoms with Crippen molar-refractivity contribution in [1.29, 1.82) is 0 Å². The predicted octanol–water partition coefficient (Wildman–Crippen LogP) is 1.54. The fourth-order valence-corrected chi connectivity index (χ4v) is 2.32. The van der Waals surface area contributed by atoms with Crippen LogP contribution in [0.5, 0.6) is 0 Å². The normalized spacial score (nSPS) is 20.2. The average Bonchev–Trinajstić information content (AvgIpc) is 2.47. The number of hydrogen-bond donors (Lipinski definition) is 0. The molecule has 0 aromatic carbocycles. The number of hydrogen-bond acceptors (Lipinski definition) is 2. The van der Waals surface area contributed by atoms with Gasteiger partial charge in [0, 0.05) is 18.7 Å². The molecule has 0 N–H and O–H groups in total. The van der Waals surface area contributed by atoms with Crippen LogP contribution in [0.1, 0.15) is 30.1 Å². The highest BCUT2D eigenvalue weighted by Gasteiger charge is 2.20. The fraction of sp³-hybridized carbons (Fsp3) is 0.727. The Kier molecular flexibility index (Phi) is 2.59. The van der Waals surface area contributed by atoms with E-state index in [9.17, 15) is 0 Å². The van der Waals surface area contributed by atoms with Gasteiger partial charge in [-0.05, 0) is 46.0 Å². The van der Waals surface area contributed by atoms with Crippen LogP contribution in [-0.2, 0) is 7.05 Å². The van der Waals surface area contributed by atoms with E-state index in [-0.39, 0.29) is 0 Å². The van der Waals surface area contributed by atoms with Crippen LogP contribution >= 0.6 is 0 Å². The van der Waals surface area contributed by atoms with E-state index in [1.807, 2.05) is 4.68 Å². The monoisotopic (exact) mass is 193 g/mol. The molecule has 1 aliphatic rings. The van der Waals surface area contributed by atoms with Gasteiger partial charge in [-0.1, -0.05) is 0 Å². The standard InChI is InChI=1S/C11H19N3/c1-9-8-11(14(3)12-9)10-4-6-13(2)7-5-10/h8,10H,4-7H2,1-3H3. The molecule has 1 saturated heterocycles. The third-order valence-electron chi connectivity index (χ3n) is 3.18. The molecule has 3 nitrogen and oxygen atoms in total. The first-order valence-corrected chi connectivity index (χ1v) is 5.36. The average molecular weight is 193 g/mol. The van der Waals surface area contributed by atoms with Crippen LogP contribution in [0.25, 0.3) is 0 Å². The third-order valence-corrected chi connectivity index (χ3v) is 3.18. The van der Waals surface area contributed by atoms with E-state index in [2.05, 4.69) is 37.1 Å². The molecule has 0 radical (unpaired) electrons. The summed E-state index contributed by atoms with van der Waals surface area (Å²) in [6.07, 6.45) is 2.55. The van der Waals surface area contributed by atoms with Gasteiger partial charge >= 0.3 is 0 Å². The number of rotatable bonds is 1. The van der Waals surface area contributed by atoms with Gasteiger partial charge in [0.2, 0.25) is 0 Å². The summed E-state index contributed by atoms with van der Waals surface area (Å²) in [5.41, 5.74) is 2.55. The lowest BCUT2D eigenvalue weighted by atomic mass is 9.93. The third kappa shape index (κ3) is 1.82. The maximum atomic E-state index is 4.41. The van der Waals surface area contributed by atoms with Crippen LogP contribution in [-0.4, -0.2) is 34.8 Å². The molecule has 0 unspecified atom stereocenters. The van der Waals surface area contributed by atoms with Gasteiger partial charge in [-0.15, -0.1) is 0 Å². The van der Waals surface area contributed by atoms with Crippen molar-refractivity contribution in [3.63, 3.8) is 0 Å². The number of aromatic nitrogens is 2. The Bertz CT molecular complexity index is 308. The molecule has 14 heavy (non-hydrogen) atoms. The van der Waals surface area contributed by atoms with Gasteiger partial charge in [0.25, 0.3) is 0 Å². The molecule has 0 amide bonds. The van der Waals surface area contributed by atoms with Crippen LogP contribution < -0.4 is 0 Å². The summed E-state index contributed by atoms with van der Waals surface area (Å²) in [5.74, 6) is 0.720. The number of piperidine rings is 1. The molecule has 0 spiro atoms. The molecular formula is C11H19N3. The Morgan fingerprint density at radius 2 is 1.93 bits per heavy atom. The lowest BCUT2D eigenvalue weighted by Crippen LogP contribution is -2.29. The maximum absolute atomic E-state index is 4.41. The molecule has 0 saturated carbocycles. The Morgan fingerprint density at radius 1 is 1.29 bits per heavy atom. The molecule has 2 rings (SSSR count). The zero-order valence-electron chi connectivity index (χ0n) is 9.32. The molecule has 3 heteroatoms. The van der Waals surface area contributed by atoms with Crippen molar-refractivity contribution in [3.05, 3.63) is 17.5 Å². The quantitative estimate of drug-likeness (QED) is 0.674. The van der Waals surface area contributed by atoms with Gasteiger partial charge in [0.15, 0.2) is 0 Å². The van der Waals surface area contributed by atoms with Crippen molar-refractivity contribution in [3.8, 4) is 0 Å². The van der Waals surface area contributed by atoms with Crippen LogP contribution in [0.4, 0.5) is 0 Å². The second kappa shape index (κ2) is 3.73. The van der Waals surface area contributed by atoms with Gasteiger partial charge in [-0.2, -0.15) is 5.10 Å². The number of likely N-dealkylation sites (tertiary alicyclic amines) is 1. The SMILES string of the molecule is Cc1cc(C2CCN(C)CC2)n(C)n1. The Hall–Kier alpha value is -0.830. The molecule has 2 heterocycles. The van der Waals surface area contributed by atoms with Gasteiger partial charge in [-0.25, -0.2) is 0 Å². The lowest BCUT2D eigenvalue weighted by molar-refractivity contribution is 0.251. The molecule has 0 atom stereocenters.